The zero-order chi connectivity index (χ0) is 23.8. The highest BCUT2D eigenvalue weighted by Crippen LogP contribution is 2.44. The number of nitrogen functional groups attached to an aromatic ring is 1. The molecule has 2 aromatic carbocycles. The third-order valence-corrected chi connectivity index (χ3v) is 4.98. The maximum absolute atomic E-state index is 11.9. The summed E-state index contributed by atoms with van der Waals surface area (Å²) in [6, 6.07) is 18.1. The number of nitrogens with zero attached hydrogens (tertiary/aromatic N) is 3. The van der Waals surface area contributed by atoms with Gasteiger partial charge in [-0.25, -0.2) is 4.79 Å². The molecule has 9 heteroatoms. The molecule has 0 aliphatic heterocycles. The van der Waals surface area contributed by atoms with E-state index in [0.29, 0.717) is 24.8 Å². The molecule has 1 amide bonds. The zero-order valence-corrected chi connectivity index (χ0v) is 18.6. The lowest BCUT2D eigenvalue weighted by atomic mass is 9.98. The van der Waals surface area contributed by atoms with Crippen molar-refractivity contribution in [3.05, 3.63) is 71.9 Å². The second-order valence-electron chi connectivity index (χ2n) is 7.34. The molecule has 0 radical (unpaired) electrons. The van der Waals surface area contributed by atoms with Crippen molar-refractivity contribution < 1.29 is 19.4 Å². The molecule has 0 saturated carbocycles. The maximum Gasteiger partial charge on any atom is 0.412 e. The number of carboxylic acid groups (broad SMARTS) is 1. The Labute approximate surface area is 191 Å². The standard InChI is InChI=1S/C19H20N2O2.C5H7N3O2/c1-3-20-13(2)21-19(22)23-12-18-16-10-6-4-8-14(16)15-9-5-7-11-17(15)18;6-4-1-2-8(7-4)3-5(9)10/h4-11,18H,3,12H2,1-2H3,(H,20,21,22);1-2H,3H2,(H2,6,7)(H,9,10). The van der Waals surface area contributed by atoms with Gasteiger partial charge in [-0.05, 0) is 42.2 Å². The highest BCUT2D eigenvalue weighted by molar-refractivity contribution is 5.93. The number of amidine groups is 1. The monoisotopic (exact) mass is 449 g/mol. The second-order valence-corrected chi connectivity index (χ2v) is 7.34. The van der Waals surface area contributed by atoms with Gasteiger partial charge in [0.15, 0.2) is 0 Å². The van der Waals surface area contributed by atoms with E-state index in [2.05, 4.69) is 39.7 Å². The van der Waals surface area contributed by atoms with Gasteiger partial charge in [0.1, 0.15) is 24.8 Å². The van der Waals surface area contributed by atoms with Crippen LogP contribution in [0.1, 0.15) is 30.9 Å². The van der Waals surface area contributed by atoms with Gasteiger partial charge < -0.3 is 15.6 Å². The van der Waals surface area contributed by atoms with Gasteiger partial charge in [-0.1, -0.05) is 48.5 Å². The first-order chi connectivity index (χ1) is 15.9. The number of amides is 1. The van der Waals surface area contributed by atoms with Gasteiger partial charge in [-0.15, -0.1) is 0 Å². The van der Waals surface area contributed by atoms with E-state index < -0.39 is 12.1 Å². The third-order valence-electron chi connectivity index (χ3n) is 4.98. The topological polar surface area (TPSA) is 132 Å². The van der Waals surface area contributed by atoms with Crippen molar-refractivity contribution >= 4 is 23.7 Å². The van der Waals surface area contributed by atoms with E-state index >= 15 is 0 Å². The van der Waals surface area contributed by atoms with E-state index in [0.717, 1.165) is 0 Å². The molecule has 0 saturated heterocycles. The molecule has 0 unspecified atom stereocenters. The fourth-order valence-corrected chi connectivity index (χ4v) is 3.66. The number of nitrogens with one attached hydrogen (secondary N) is 1. The summed E-state index contributed by atoms with van der Waals surface area (Å²) in [4.78, 5) is 26.1. The maximum atomic E-state index is 11.9. The molecule has 0 spiro atoms. The van der Waals surface area contributed by atoms with Crippen LogP contribution in [0.3, 0.4) is 0 Å². The Hall–Kier alpha value is -4.14. The fraction of sp³-hybridized carbons (Fsp3) is 0.250. The van der Waals surface area contributed by atoms with Crippen molar-refractivity contribution in [1.82, 2.24) is 15.1 Å². The Morgan fingerprint density at radius 2 is 1.73 bits per heavy atom. The van der Waals surface area contributed by atoms with Gasteiger partial charge in [0.2, 0.25) is 0 Å². The van der Waals surface area contributed by atoms with Gasteiger partial charge in [0, 0.05) is 18.7 Å². The van der Waals surface area contributed by atoms with E-state index in [-0.39, 0.29) is 12.5 Å². The lowest BCUT2D eigenvalue weighted by Crippen LogP contribution is -2.30. The minimum Gasteiger partial charge on any atom is -0.480 e. The van der Waals surface area contributed by atoms with Gasteiger partial charge in [0.05, 0.1) is 0 Å². The number of nitrogens with two attached hydrogens (primary N) is 1. The SMILES string of the molecule is CCN=C(C)NC(=O)OCC1c2ccccc2-c2ccccc21.Nc1ccn(CC(=O)O)n1. The van der Waals surface area contributed by atoms with Crippen LogP contribution in [-0.2, 0) is 16.1 Å². The molecule has 1 aromatic heterocycles. The summed E-state index contributed by atoms with van der Waals surface area (Å²) >= 11 is 0. The molecule has 0 bridgehead atoms. The molecule has 4 rings (SSSR count). The van der Waals surface area contributed by atoms with Crippen LogP contribution < -0.4 is 11.1 Å². The van der Waals surface area contributed by atoms with E-state index in [4.69, 9.17) is 15.6 Å². The van der Waals surface area contributed by atoms with Crippen LogP contribution in [0.15, 0.2) is 65.8 Å². The minimum atomic E-state index is -0.928. The van der Waals surface area contributed by atoms with Crippen molar-refractivity contribution in [3.8, 4) is 11.1 Å². The van der Waals surface area contributed by atoms with Crippen molar-refractivity contribution in [3.63, 3.8) is 0 Å². The third kappa shape index (κ3) is 6.19. The molecule has 1 heterocycles. The average molecular weight is 450 g/mol. The normalized spacial score (nSPS) is 12.2. The average Bonchev–Trinajstić information content (AvgIpc) is 3.33. The number of carbonyl (C=O) groups excluding carboxylic acids is 1. The lowest BCUT2D eigenvalue weighted by molar-refractivity contribution is -0.137. The summed E-state index contributed by atoms with van der Waals surface area (Å²) in [5, 5.41) is 14.6. The number of rotatable bonds is 5. The molecule has 0 atom stereocenters. The van der Waals surface area contributed by atoms with Crippen LogP contribution in [-0.4, -0.2) is 45.9 Å². The molecule has 4 N–H and O–H groups in total. The van der Waals surface area contributed by atoms with E-state index in [1.807, 2.05) is 31.2 Å². The number of ether oxygens (including phenoxy) is 1. The van der Waals surface area contributed by atoms with Crippen LogP contribution >= 0.6 is 0 Å². The molecule has 172 valence electrons. The summed E-state index contributed by atoms with van der Waals surface area (Å²) in [6.07, 6.45) is 1.06. The van der Waals surface area contributed by atoms with E-state index in [1.54, 1.807) is 13.0 Å². The first-order valence-corrected chi connectivity index (χ1v) is 10.5. The number of anilines is 1. The number of aromatic nitrogens is 2. The number of hydrogen-bond acceptors (Lipinski definition) is 6. The van der Waals surface area contributed by atoms with Gasteiger partial charge in [-0.3, -0.25) is 19.8 Å². The highest BCUT2D eigenvalue weighted by Gasteiger charge is 2.28. The molecule has 1 aliphatic rings. The first-order valence-electron chi connectivity index (χ1n) is 10.5. The zero-order valence-electron chi connectivity index (χ0n) is 18.6. The van der Waals surface area contributed by atoms with Crippen LogP contribution in [0.25, 0.3) is 11.1 Å². The molecular formula is C24H27N5O4. The largest absolute Gasteiger partial charge is 0.480 e. The number of carbonyl (C=O) groups is 2. The lowest BCUT2D eigenvalue weighted by Gasteiger charge is -2.14. The number of hydrogen-bond donors (Lipinski definition) is 3. The van der Waals surface area contributed by atoms with Crippen molar-refractivity contribution in [2.75, 3.05) is 18.9 Å². The summed E-state index contributed by atoms with van der Waals surface area (Å²) in [7, 11) is 0. The Morgan fingerprint density at radius 3 is 2.24 bits per heavy atom. The molecule has 1 aliphatic carbocycles. The minimum absolute atomic E-state index is 0.0802. The Balaban J connectivity index is 0.000000257. The van der Waals surface area contributed by atoms with Crippen molar-refractivity contribution in [2.24, 2.45) is 4.99 Å². The summed E-state index contributed by atoms with van der Waals surface area (Å²) in [6.45, 7) is 4.49. The fourth-order valence-electron chi connectivity index (χ4n) is 3.66. The van der Waals surface area contributed by atoms with Crippen molar-refractivity contribution in [1.29, 1.82) is 0 Å². The summed E-state index contributed by atoms with van der Waals surface area (Å²) in [5.41, 5.74) is 10.1. The Bertz CT molecular complexity index is 1110. The van der Waals surface area contributed by atoms with Gasteiger partial charge in [0.25, 0.3) is 0 Å². The second kappa shape index (κ2) is 10.9. The van der Waals surface area contributed by atoms with Crippen LogP contribution in [0.5, 0.6) is 0 Å². The van der Waals surface area contributed by atoms with Gasteiger partial charge in [-0.2, -0.15) is 5.10 Å². The predicted octanol–water partition coefficient (Wildman–Crippen LogP) is 3.51. The number of benzene rings is 2. The highest BCUT2D eigenvalue weighted by atomic mass is 16.5. The quantitative estimate of drug-likeness (QED) is 0.403. The molecule has 9 nitrogen and oxygen atoms in total. The first kappa shape index (κ1) is 23.5. The van der Waals surface area contributed by atoms with E-state index in [9.17, 15) is 9.59 Å². The van der Waals surface area contributed by atoms with E-state index in [1.165, 1.54) is 33.1 Å². The Kier molecular flexibility index (Phi) is 7.80. The number of carboxylic acids is 1. The predicted molar refractivity (Wildman–Crippen MR) is 126 cm³/mol. The molecular weight excluding hydrogens is 422 g/mol. The summed E-state index contributed by atoms with van der Waals surface area (Å²) < 4.78 is 6.69. The van der Waals surface area contributed by atoms with Crippen LogP contribution in [0.2, 0.25) is 0 Å². The van der Waals surface area contributed by atoms with Crippen LogP contribution in [0, 0.1) is 0 Å². The smallest absolute Gasteiger partial charge is 0.412 e. The molecule has 3 aromatic rings. The van der Waals surface area contributed by atoms with Crippen LogP contribution in [0.4, 0.5) is 10.6 Å². The van der Waals surface area contributed by atoms with Crippen molar-refractivity contribution in [2.45, 2.75) is 26.3 Å². The number of aliphatic imine (C=N–C) groups is 1. The van der Waals surface area contributed by atoms with Gasteiger partial charge >= 0.3 is 12.1 Å². The summed E-state index contributed by atoms with van der Waals surface area (Å²) in [5.74, 6) is 0.0608. The number of fused-ring (bicyclic) bond motifs is 3. The Morgan fingerprint density at radius 1 is 1.12 bits per heavy atom. The number of alkyl carbamates (subject to hydrolysis) is 1. The molecule has 0 fully saturated rings. The molecule has 33 heavy (non-hydrogen) atoms. The number of aliphatic carboxylic acids is 1.